The maximum atomic E-state index is 12.1. The van der Waals surface area contributed by atoms with Crippen molar-refractivity contribution in [3.8, 4) is 11.5 Å². The summed E-state index contributed by atoms with van der Waals surface area (Å²) in [4.78, 5) is 26.8. The summed E-state index contributed by atoms with van der Waals surface area (Å²) in [5.41, 5.74) is 0.896. The molecular formula is C19H16N2O6. The van der Waals surface area contributed by atoms with Crippen molar-refractivity contribution in [1.82, 2.24) is 0 Å². The highest BCUT2D eigenvalue weighted by molar-refractivity contribution is 6.14. The number of cyclic esters (lactones) is 1. The van der Waals surface area contributed by atoms with Crippen molar-refractivity contribution in [2.24, 2.45) is 4.99 Å². The molecule has 0 spiro atoms. The number of hydrogen-bond acceptors (Lipinski definition) is 7. The van der Waals surface area contributed by atoms with Crippen LogP contribution in [-0.4, -0.2) is 30.5 Å². The lowest BCUT2D eigenvalue weighted by atomic mass is 10.1. The Morgan fingerprint density at radius 1 is 1.22 bits per heavy atom. The third-order valence-corrected chi connectivity index (χ3v) is 3.74. The van der Waals surface area contributed by atoms with E-state index in [4.69, 9.17) is 14.2 Å². The molecule has 0 fully saturated rings. The van der Waals surface area contributed by atoms with Gasteiger partial charge in [0.1, 0.15) is 11.5 Å². The molecular weight excluding hydrogens is 352 g/mol. The molecule has 1 heterocycles. The van der Waals surface area contributed by atoms with Crippen molar-refractivity contribution >= 4 is 23.6 Å². The van der Waals surface area contributed by atoms with Crippen LogP contribution in [-0.2, 0) is 9.53 Å². The monoisotopic (exact) mass is 368 g/mol. The zero-order chi connectivity index (χ0) is 19.4. The van der Waals surface area contributed by atoms with E-state index in [0.29, 0.717) is 12.4 Å². The molecule has 0 radical (unpaired) electrons. The van der Waals surface area contributed by atoms with E-state index in [-0.39, 0.29) is 22.8 Å². The van der Waals surface area contributed by atoms with Crippen LogP contribution in [0.3, 0.4) is 0 Å². The molecule has 2 aromatic carbocycles. The number of ether oxygens (including phenoxy) is 3. The Balaban J connectivity index is 1.94. The van der Waals surface area contributed by atoms with Crippen LogP contribution in [0, 0.1) is 10.1 Å². The van der Waals surface area contributed by atoms with Crippen molar-refractivity contribution in [2.75, 3.05) is 13.7 Å². The third-order valence-electron chi connectivity index (χ3n) is 3.74. The lowest BCUT2D eigenvalue weighted by Gasteiger charge is -2.06. The molecule has 0 unspecified atom stereocenters. The first-order chi connectivity index (χ1) is 13.0. The summed E-state index contributed by atoms with van der Waals surface area (Å²) in [5.74, 6) is 0.346. The highest BCUT2D eigenvalue weighted by Gasteiger charge is 2.27. The van der Waals surface area contributed by atoms with E-state index in [1.807, 2.05) is 6.92 Å². The van der Waals surface area contributed by atoms with Gasteiger partial charge in [0.2, 0.25) is 5.90 Å². The summed E-state index contributed by atoms with van der Waals surface area (Å²) in [6.45, 7) is 2.45. The molecule has 138 valence electrons. The van der Waals surface area contributed by atoms with Gasteiger partial charge >= 0.3 is 5.97 Å². The number of methoxy groups -OCH3 is 1. The number of esters is 1. The maximum Gasteiger partial charge on any atom is 0.363 e. The fourth-order valence-electron chi connectivity index (χ4n) is 2.49. The Morgan fingerprint density at radius 2 is 1.96 bits per heavy atom. The molecule has 8 heteroatoms. The van der Waals surface area contributed by atoms with E-state index < -0.39 is 10.9 Å². The first-order valence-corrected chi connectivity index (χ1v) is 8.10. The van der Waals surface area contributed by atoms with E-state index in [2.05, 4.69) is 4.99 Å². The molecule has 0 aromatic heterocycles. The Bertz CT molecular complexity index is 947. The van der Waals surface area contributed by atoms with Gasteiger partial charge in [-0.3, -0.25) is 10.1 Å². The molecule has 0 N–H and O–H groups in total. The average molecular weight is 368 g/mol. The van der Waals surface area contributed by atoms with Gasteiger partial charge in [-0.15, -0.1) is 0 Å². The van der Waals surface area contributed by atoms with Crippen LogP contribution in [0.25, 0.3) is 6.08 Å². The number of hydrogen-bond donors (Lipinski definition) is 0. The largest absolute Gasteiger partial charge is 0.496 e. The number of carbonyl (C=O) groups is 1. The second-order valence-electron chi connectivity index (χ2n) is 5.48. The van der Waals surface area contributed by atoms with E-state index in [0.717, 1.165) is 11.3 Å². The summed E-state index contributed by atoms with van der Waals surface area (Å²) in [6.07, 6.45) is 1.56. The summed E-state index contributed by atoms with van der Waals surface area (Å²) >= 11 is 0. The minimum absolute atomic E-state index is 0.0438. The summed E-state index contributed by atoms with van der Waals surface area (Å²) in [7, 11) is 1.42. The zero-order valence-electron chi connectivity index (χ0n) is 14.7. The lowest BCUT2D eigenvalue weighted by Crippen LogP contribution is -2.07. The maximum absolute atomic E-state index is 12.1. The Labute approximate surface area is 154 Å². The minimum Gasteiger partial charge on any atom is -0.496 e. The molecule has 3 rings (SSSR count). The van der Waals surface area contributed by atoms with Gasteiger partial charge in [-0.2, -0.15) is 0 Å². The molecule has 0 saturated heterocycles. The fourth-order valence-corrected chi connectivity index (χ4v) is 2.49. The predicted octanol–water partition coefficient (Wildman–Crippen LogP) is 3.35. The van der Waals surface area contributed by atoms with E-state index in [1.165, 1.54) is 25.3 Å². The number of benzene rings is 2. The Morgan fingerprint density at radius 3 is 2.59 bits per heavy atom. The lowest BCUT2D eigenvalue weighted by molar-refractivity contribution is -0.384. The van der Waals surface area contributed by atoms with Crippen molar-refractivity contribution in [3.63, 3.8) is 0 Å². The normalized spacial score (nSPS) is 14.7. The average Bonchev–Trinajstić information content (AvgIpc) is 3.03. The number of nitrogens with zero attached hydrogens (tertiary/aromatic N) is 2. The number of carbonyl (C=O) groups excluding carboxylic acids is 1. The summed E-state index contributed by atoms with van der Waals surface area (Å²) in [5, 5.41) is 11.0. The Kier molecular flexibility index (Phi) is 5.16. The molecule has 0 saturated carbocycles. The molecule has 0 aliphatic carbocycles. The minimum atomic E-state index is -0.646. The highest BCUT2D eigenvalue weighted by atomic mass is 16.6. The first kappa shape index (κ1) is 18.1. The van der Waals surface area contributed by atoms with Crippen LogP contribution in [0.15, 0.2) is 53.2 Å². The van der Waals surface area contributed by atoms with Gasteiger partial charge in [0.25, 0.3) is 5.69 Å². The standard InChI is InChI=1S/C19H16N2O6/c1-3-26-14-7-4-12(5-8-14)10-16-19(22)27-18(20-16)15-11-13(21(23)24)6-9-17(15)25-2/h4-11H,3H2,1-2H3/b16-10+. The number of nitro benzene ring substituents is 1. The number of non-ortho nitro benzene ring substituents is 1. The topological polar surface area (TPSA) is 100 Å². The second kappa shape index (κ2) is 7.69. The van der Waals surface area contributed by atoms with Crippen molar-refractivity contribution in [3.05, 3.63) is 69.4 Å². The van der Waals surface area contributed by atoms with Gasteiger partial charge in [0.05, 0.1) is 24.2 Å². The summed E-state index contributed by atoms with van der Waals surface area (Å²) in [6, 6.07) is 11.1. The van der Waals surface area contributed by atoms with Crippen LogP contribution in [0.2, 0.25) is 0 Å². The quantitative estimate of drug-likeness (QED) is 0.335. The van der Waals surface area contributed by atoms with E-state index in [1.54, 1.807) is 30.3 Å². The molecule has 2 aromatic rings. The van der Waals surface area contributed by atoms with Gasteiger partial charge in [0, 0.05) is 12.1 Å². The van der Waals surface area contributed by atoms with Crippen LogP contribution >= 0.6 is 0 Å². The molecule has 1 aliphatic rings. The number of aliphatic imine (C=N–C) groups is 1. The van der Waals surface area contributed by atoms with Crippen LogP contribution in [0.1, 0.15) is 18.1 Å². The molecule has 8 nitrogen and oxygen atoms in total. The van der Waals surface area contributed by atoms with E-state index in [9.17, 15) is 14.9 Å². The third kappa shape index (κ3) is 3.95. The Hall–Kier alpha value is -3.68. The van der Waals surface area contributed by atoms with Gasteiger partial charge in [-0.1, -0.05) is 12.1 Å². The molecule has 0 amide bonds. The first-order valence-electron chi connectivity index (χ1n) is 8.10. The summed E-state index contributed by atoms with van der Waals surface area (Å²) < 4.78 is 15.8. The predicted molar refractivity (Wildman–Crippen MR) is 97.9 cm³/mol. The molecule has 1 aliphatic heterocycles. The van der Waals surface area contributed by atoms with Crippen molar-refractivity contribution in [1.29, 1.82) is 0 Å². The van der Waals surface area contributed by atoms with Crippen molar-refractivity contribution in [2.45, 2.75) is 6.92 Å². The second-order valence-corrected chi connectivity index (χ2v) is 5.48. The SMILES string of the molecule is CCOc1ccc(/C=C2/N=C(c3cc([N+](=O)[O-])ccc3OC)OC2=O)cc1. The molecule has 0 bridgehead atoms. The molecule has 27 heavy (non-hydrogen) atoms. The van der Waals surface area contributed by atoms with Gasteiger partial charge in [0.15, 0.2) is 5.70 Å². The fraction of sp³-hybridized carbons (Fsp3) is 0.158. The van der Waals surface area contributed by atoms with Crippen LogP contribution in [0.4, 0.5) is 5.69 Å². The van der Waals surface area contributed by atoms with Crippen molar-refractivity contribution < 1.29 is 23.9 Å². The van der Waals surface area contributed by atoms with Gasteiger partial charge in [-0.05, 0) is 36.8 Å². The smallest absolute Gasteiger partial charge is 0.363 e. The van der Waals surface area contributed by atoms with Crippen LogP contribution < -0.4 is 9.47 Å². The van der Waals surface area contributed by atoms with E-state index >= 15 is 0 Å². The van der Waals surface area contributed by atoms with Gasteiger partial charge in [-0.25, -0.2) is 9.79 Å². The molecule has 0 atom stereocenters. The van der Waals surface area contributed by atoms with Crippen LogP contribution in [0.5, 0.6) is 11.5 Å². The van der Waals surface area contributed by atoms with Gasteiger partial charge < -0.3 is 14.2 Å². The number of rotatable bonds is 6. The zero-order valence-corrected chi connectivity index (χ0v) is 14.7. The number of nitro groups is 1. The highest BCUT2D eigenvalue weighted by Crippen LogP contribution is 2.28.